The highest BCUT2D eigenvalue weighted by Crippen LogP contribution is 2.39. The molecule has 0 fully saturated rings. The van der Waals surface area contributed by atoms with Gasteiger partial charge in [-0.2, -0.15) is 0 Å². The molecule has 7 heteroatoms. The van der Waals surface area contributed by atoms with Crippen LogP contribution in [0.15, 0.2) is 24.4 Å². The molecule has 2 rings (SSSR count). The second-order valence-corrected chi connectivity index (χ2v) is 5.00. The quantitative estimate of drug-likeness (QED) is 0.845. The average Bonchev–Trinajstić information content (AvgIpc) is 2.43. The number of halogens is 3. The molecule has 0 atom stereocenters. The number of rotatable bonds is 3. The summed E-state index contributed by atoms with van der Waals surface area (Å²) in [6, 6.07) is 4.53. The third kappa shape index (κ3) is 2.68. The number of methoxy groups -OCH3 is 1. The Balaban J connectivity index is 2.68. The maximum atomic E-state index is 11.2. The number of nitrogens with zero attached hydrogens (tertiary/aromatic N) is 1. The summed E-state index contributed by atoms with van der Waals surface area (Å²) in [5.74, 6) is -1.15. The van der Waals surface area contributed by atoms with E-state index in [0.717, 1.165) is 0 Å². The zero-order valence-electron chi connectivity index (χ0n) is 10.2. The van der Waals surface area contributed by atoms with E-state index in [4.69, 9.17) is 44.6 Å². The van der Waals surface area contributed by atoms with Crippen molar-refractivity contribution in [3.63, 3.8) is 0 Å². The lowest BCUT2D eigenvalue weighted by atomic mass is 10.1. The molecule has 0 spiro atoms. The lowest BCUT2D eigenvalue weighted by Crippen LogP contribution is -2.03. The third-order valence-corrected chi connectivity index (χ3v) is 3.73. The topological polar surface area (TPSA) is 59.4 Å². The molecule has 1 aromatic carbocycles. The van der Waals surface area contributed by atoms with Gasteiger partial charge in [0.1, 0.15) is 5.56 Å². The first-order valence-electron chi connectivity index (χ1n) is 5.37. The number of aromatic nitrogens is 1. The first kappa shape index (κ1) is 14.9. The molecule has 1 N–H and O–H groups in total. The Kier molecular flexibility index (Phi) is 4.38. The molecule has 0 aliphatic carbocycles. The van der Waals surface area contributed by atoms with E-state index in [1.54, 1.807) is 12.1 Å². The van der Waals surface area contributed by atoms with Crippen molar-refractivity contribution in [2.45, 2.75) is 0 Å². The van der Waals surface area contributed by atoms with Crippen molar-refractivity contribution in [3.8, 4) is 17.0 Å². The van der Waals surface area contributed by atoms with Gasteiger partial charge in [-0.15, -0.1) is 0 Å². The van der Waals surface area contributed by atoms with Crippen molar-refractivity contribution in [1.29, 1.82) is 0 Å². The number of ether oxygens (including phenoxy) is 1. The summed E-state index contributed by atoms with van der Waals surface area (Å²) < 4.78 is 4.90. The van der Waals surface area contributed by atoms with Crippen LogP contribution in [0.4, 0.5) is 0 Å². The average molecular weight is 333 g/mol. The lowest BCUT2D eigenvalue weighted by molar-refractivity contribution is 0.0692. The number of benzene rings is 1. The Morgan fingerprint density at radius 3 is 2.50 bits per heavy atom. The van der Waals surface area contributed by atoms with Crippen LogP contribution >= 0.6 is 34.8 Å². The molecular formula is C13H8Cl3NO3. The molecule has 0 saturated carbocycles. The first-order valence-corrected chi connectivity index (χ1v) is 6.50. The van der Waals surface area contributed by atoms with Gasteiger partial charge in [-0.25, -0.2) is 9.78 Å². The maximum absolute atomic E-state index is 11.2. The van der Waals surface area contributed by atoms with E-state index < -0.39 is 5.97 Å². The zero-order valence-corrected chi connectivity index (χ0v) is 12.4. The van der Waals surface area contributed by atoms with Crippen molar-refractivity contribution < 1.29 is 14.6 Å². The van der Waals surface area contributed by atoms with Crippen LogP contribution in [-0.4, -0.2) is 23.2 Å². The monoisotopic (exact) mass is 331 g/mol. The van der Waals surface area contributed by atoms with E-state index in [2.05, 4.69) is 4.98 Å². The van der Waals surface area contributed by atoms with Gasteiger partial charge in [-0.1, -0.05) is 34.8 Å². The number of pyridine rings is 1. The van der Waals surface area contributed by atoms with Crippen molar-refractivity contribution >= 4 is 40.8 Å². The fraction of sp³-hybridized carbons (Fsp3) is 0.0769. The Morgan fingerprint density at radius 1 is 1.25 bits per heavy atom. The van der Waals surface area contributed by atoms with Gasteiger partial charge in [-0.3, -0.25) is 0 Å². The summed E-state index contributed by atoms with van der Waals surface area (Å²) in [4.78, 5) is 15.1. The standard InChI is InChI=1S/C13H8Cl3NO3/c1-20-12-7(13(18)19)4-6(5-17-12)10-8(14)2-3-9(15)11(10)16/h2-5H,1H3,(H,18,19). The molecule has 1 aromatic heterocycles. The molecule has 0 bridgehead atoms. The predicted molar refractivity (Wildman–Crippen MR) is 78.2 cm³/mol. The van der Waals surface area contributed by atoms with Gasteiger partial charge in [0.15, 0.2) is 0 Å². The molecule has 20 heavy (non-hydrogen) atoms. The fourth-order valence-electron chi connectivity index (χ4n) is 1.70. The summed E-state index contributed by atoms with van der Waals surface area (Å²) in [7, 11) is 1.34. The first-order chi connectivity index (χ1) is 9.45. The Hall–Kier alpha value is -1.49. The number of carbonyl (C=O) groups is 1. The van der Waals surface area contributed by atoms with Gasteiger partial charge in [0.2, 0.25) is 5.88 Å². The van der Waals surface area contributed by atoms with Gasteiger partial charge in [0.05, 0.1) is 22.2 Å². The number of carboxylic acids is 1. The van der Waals surface area contributed by atoms with Crippen LogP contribution in [-0.2, 0) is 0 Å². The smallest absolute Gasteiger partial charge is 0.341 e. The van der Waals surface area contributed by atoms with E-state index in [-0.39, 0.29) is 16.5 Å². The van der Waals surface area contributed by atoms with Crippen molar-refractivity contribution in [2.75, 3.05) is 7.11 Å². The van der Waals surface area contributed by atoms with Gasteiger partial charge in [0, 0.05) is 17.3 Å². The maximum Gasteiger partial charge on any atom is 0.341 e. The van der Waals surface area contributed by atoms with Crippen LogP contribution < -0.4 is 4.74 Å². The van der Waals surface area contributed by atoms with Gasteiger partial charge >= 0.3 is 5.97 Å². The van der Waals surface area contributed by atoms with E-state index in [0.29, 0.717) is 21.2 Å². The molecule has 104 valence electrons. The minimum Gasteiger partial charge on any atom is -0.480 e. The summed E-state index contributed by atoms with van der Waals surface area (Å²) >= 11 is 18.2. The highest BCUT2D eigenvalue weighted by atomic mass is 35.5. The minimum atomic E-state index is -1.16. The molecule has 0 aliphatic heterocycles. The van der Waals surface area contributed by atoms with Crippen LogP contribution in [0.2, 0.25) is 15.1 Å². The second kappa shape index (κ2) is 5.87. The zero-order chi connectivity index (χ0) is 14.9. The van der Waals surface area contributed by atoms with Crippen LogP contribution in [0.1, 0.15) is 10.4 Å². The van der Waals surface area contributed by atoms with E-state index >= 15 is 0 Å². The molecule has 4 nitrogen and oxygen atoms in total. The van der Waals surface area contributed by atoms with E-state index in [1.807, 2.05) is 0 Å². The van der Waals surface area contributed by atoms with Crippen LogP contribution in [0, 0.1) is 0 Å². The van der Waals surface area contributed by atoms with E-state index in [9.17, 15) is 4.79 Å². The van der Waals surface area contributed by atoms with Crippen molar-refractivity contribution in [1.82, 2.24) is 4.98 Å². The SMILES string of the molecule is COc1ncc(-c2c(Cl)ccc(Cl)c2Cl)cc1C(=O)O. The lowest BCUT2D eigenvalue weighted by Gasteiger charge is -2.10. The number of carboxylic acid groups (broad SMARTS) is 1. The molecule has 0 amide bonds. The Morgan fingerprint density at radius 2 is 1.90 bits per heavy atom. The molecule has 0 unspecified atom stereocenters. The second-order valence-electron chi connectivity index (χ2n) is 3.80. The normalized spacial score (nSPS) is 10.4. The number of hydrogen-bond donors (Lipinski definition) is 1. The number of hydrogen-bond acceptors (Lipinski definition) is 3. The summed E-state index contributed by atoms with van der Waals surface area (Å²) in [5.41, 5.74) is 0.788. The highest BCUT2D eigenvalue weighted by Gasteiger charge is 2.18. The molecule has 0 radical (unpaired) electrons. The van der Waals surface area contributed by atoms with Crippen LogP contribution in [0.25, 0.3) is 11.1 Å². The minimum absolute atomic E-state index is 0.00974. The molecule has 0 aliphatic rings. The molecule has 2 aromatic rings. The van der Waals surface area contributed by atoms with Crippen molar-refractivity contribution in [3.05, 3.63) is 45.0 Å². The van der Waals surface area contributed by atoms with Gasteiger partial charge in [0.25, 0.3) is 0 Å². The third-order valence-electron chi connectivity index (χ3n) is 2.61. The summed E-state index contributed by atoms with van der Waals surface area (Å²) in [6.45, 7) is 0. The Bertz CT molecular complexity index is 689. The van der Waals surface area contributed by atoms with Gasteiger partial charge in [-0.05, 0) is 18.2 Å². The Labute approximate surface area is 129 Å². The largest absolute Gasteiger partial charge is 0.480 e. The highest BCUT2D eigenvalue weighted by molar-refractivity contribution is 6.46. The van der Waals surface area contributed by atoms with E-state index in [1.165, 1.54) is 19.4 Å². The van der Waals surface area contributed by atoms with Crippen LogP contribution in [0.5, 0.6) is 5.88 Å². The molecular weight excluding hydrogens is 325 g/mol. The summed E-state index contributed by atoms with van der Waals surface area (Å²) in [5, 5.41) is 10.1. The van der Waals surface area contributed by atoms with Gasteiger partial charge < -0.3 is 9.84 Å². The molecule has 1 heterocycles. The van der Waals surface area contributed by atoms with Crippen molar-refractivity contribution in [2.24, 2.45) is 0 Å². The van der Waals surface area contributed by atoms with Crippen LogP contribution in [0.3, 0.4) is 0 Å². The molecule has 0 saturated heterocycles. The fourth-order valence-corrected chi connectivity index (χ4v) is 2.44. The summed E-state index contributed by atoms with van der Waals surface area (Å²) in [6.07, 6.45) is 1.43. The number of aromatic carboxylic acids is 1. The predicted octanol–water partition coefficient (Wildman–Crippen LogP) is 4.42.